The van der Waals surface area contributed by atoms with E-state index >= 15 is 0 Å². The molecule has 0 radical (unpaired) electrons. The molecule has 12 heteroatoms. The number of nitrogens with one attached hydrogen (secondary N) is 1. The molecule has 3 aromatic rings. The molecule has 0 atom stereocenters. The van der Waals surface area contributed by atoms with Gasteiger partial charge in [-0.2, -0.15) is 18.3 Å². The molecule has 4 rings (SSSR count). The first-order chi connectivity index (χ1) is 14.3. The minimum Gasteiger partial charge on any atom is -0.484 e. The van der Waals surface area contributed by atoms with Crippen molar-refractivity contribution in [2.24, 2.45) is 0 Å². The van der Waals surface area contributed by atoms with Crippen molar-refractivity contribution in [2.45, 2.75) is 44.9 Å². The highest BCUT2D eigenvalue weighted by atomic mass is 32.1. The second kappa shape index (κ2) is 8.09. The molecule has 0 saturated carbocycles. The van der Waals surface area contributed by atoms with Crippen molar-refractivity contribution in [3.05, 3.63) is 34.5 Å². The van der Waals surface area contributed by atoms with E-state index in [0.29, 0.717) is 29.0 Å². The summed E-state index contributed by atoms with van der Waals surface area (Å²) in [6.45, 7) is -1.02. The summed E-state index contributed by atoms with van der Waals surface area (Å²) in [5.41, 5.74) is 0.207. The van der Waals surface area contributed by atoms with Crippen LogP contribution in [0.2, 0.25) is 0 Å². The van der Waals surface area contributed by atoms with Crippen LogP contribution in [-0.4, -0.2) is 38.0 Å². The number of benzene rings is 1. The molecule has 160 valence electrons. The van der Waals surface area contributed by atoms with Gasteiger partial charge in [0.25, 0.3) is 0 Å². The van der Waals surface area contributed by atoms with E-state index in [1.54, 1.807) is 4.57 Å². The van der Waals surface area contributed by atoms with Gasteiger partial charge in [0, 0.05) is 13.0 Å². The molecule has 30 heavy (non-hydrogen) atoms. The molecule has 8 nitrogen and oxygen atoms in total. The van der Waals surface area contributed by atoms with Crippen LogP contribution in [0.3, 0.4) is 0 Å². The fourth-order valence-electron chi connectivity index (χ4n) is 3.24. The number of nitrogens with zero attached hydrogens (tertiary/aromatic N) is 4. The molecule has 0 bridgehead atoms. The molecule has 0 aliphatic carbocycles. The second-order valence-electron chi connectivity index (χ2n) is 6.92. The lowest BCUT2D eigenvalue weighted by atomic mass is 10.2. The molecule has 2 aromatic heterocycles. The summed E-state index contributed by atoms with van der Waals surface area (Å²) < 4.78 is 44.9. The number of halogens is 3. The Hall–Kier alpha value is -2.89. The highest BCUT2D eigenvalue weighted by Crippen LogP contribution is 2.30. The average Bonchev–Trinajstić information content (AvgIpc) is 3.09. The highest BCUT2D eigenvalue weighted by molar-refractivity contribution is 7.22. The summed E-state index contributed by atoms with van der Waals surface area (Å²) in [6, 6.07) is 4.34. The number of rotatable bonds is 5. The fraction of sp³-hybridized carbons (Fsp3) is 0.444. The fourth-order valence-corrected chi connectivity index (χ4v) is 4.15. The van der Waals surface area contributed by atoms with Crippen LogP contribution >= 0.6 is 11.3 Å². The van der Waals surface area contributed by atoms with Crippen LogP contribution in [0, 0.1) is 0 Å². The molecular formula is C18H18F3N5O3S. The quantitative estimate of drug-likeness (QED) is 0.658. The molecular weight excluding hydrogens is 423 g/mol. The van der Waals surface area contributed by atoms with Gasteiger partial charge in [0.05, 0.1) is 10.2 Å². The van der Waals surface area contributed by atoms with Gasteiger partial charge in [-0.15, -0.1) is 0 Å². The predicted molar refractivity (Wildman–Crippen MR) is 104 cm³/mol. The Bertz CT molecular complexity index is 1130. The summed E-state index contributed by atoms with van der Waals surface area (Å²) in [5.74, 6) is 0.294. The van der Waals surface area contributed by atoms with E-state index in [0.717, 1.165) is 35.3 Å². The minimum atomic E-state index is -4.43. The Kier molecular flexibility index (Phi) is 5.50. The van der Waals surface area contributed by atoms with Gasteiger partial charge < -0.3 is 10.1 Å². The minimum absolute atomic E-state index is 0.0624. The Labute approximate surface area is 172 Å². The third kappa shape index (κ3) is 4.64. The van der Waals surface area contributed by atoms with Crippen LogP contribution in [-0.2, 0) is 24.3 Å². The van der Waals surface area contributed by atoms with E-state index in [-0.39, 0.29) is 23.1 Å². The van der Waals surface area contributed by atoms with E-state index in [4.69, 9.17) is 4.74 Å². The summed E-state index contributed by atoms with van der Waals surface area (Å²) >= 11 is 1.10. The van der Waals surface area contributed by atoms with Crippen molar-refractivity contribution in [2.75, 3.05) is 11.9 Å². The number of fused-ring (bicyclic) bond motifs is 2. The Morgan fingerprint density at radius 1 is 1.27 bits per heavy atom. The Morgan fingerprint density at radius 3 is 2.90 bits per heavy atom. The van der Waals surface area contributed by atoms with E-state index in [1.807, 2.05) is 0 Å². The van der Waals surface area contributed by atoms with Gasteiger partial charge >= 0.3 is 11.9 Å². The molecule has 0 spiro atoms. The maximum atomic E-state index is 12.4. The molecule has 0 fully saturated rings. The number of hydrogen-bond acceptors (Lipinski definition) is 6. The first-order valence-corrected chi connectivity index (χ1v) is 10.2. The number of aromatic nitrogens is 4. The van der Waals surface area contributed by atoms with Crippen molar-refractivity contribution in [1.29, 1.82) is 0 Å². The van der Waals surface area contributed by atoms with Crippen molar-refractivity contribution in [3.63, 3.8) is 0 Å². The lowest BCUT2D eigenvalue weighted by Gasteiger charge is -2.08. The van der Waals surface area contributed by atoms with Gasteiger partial charge in [-0.3, -0.25) is 9.36 Å². The lowest BCUT2D eigenvalue weighted by molar-refractivity contribution is -0.153. The van der Waals surface area contributed by atoms with Crippen molar-refractivity contribution in [3.8, 4) is 5.75 Å². The number of aryl methyl sites for hydroxylation is 1. The molecule has 1 aromatic carbocycles. The summed E-state index contributed by atoms with van der Waals surface area (Å²) in [4.78, 5) is 29.0. The third-order valence-electron chi connectivity index (χ3n) is 4.58. The maximum Gasteiger partial charge on any atom is 0.422 e. The molecule has 3 heterocycles. The Balaban J connectivity index is 1.44. The van der Waals surface area contributed by atoms with E-state index < -0.39 is 18.7 Å². The van der Waals surface area contributed by atoms with Crippen LogP contribution in [0.15, 0.2) is 23.0 Å². The first-order valence-electron chi connectivity index (χ1n) is 9.35. The van der Waals surface area contributed by atoms with Crippen LogP contribution in [0.1, 0.15) is 25.1 Å². The monoisotopic (exact) mass is 441 g/mol. The summed E-state index contributed by atoms with van der Waals surface area (Å²) in [6.07, 6.45) is -0.802. The lowest BCUT2D eigenvalue weighted by Crippen LogP contribution is -2.30. The van der Waals surface area contributed by atoms with Gasteiger partial charge in [-0.25, -0.2) is 14.5 Å². The van der Waals surface area contributed by atoms with Gasteiger partial charge in [0.2, 0.25) is 5.91 Å². The Morgan fingerprint density at radius 2 is 2.10 bits per heavy atom. The van der Waals surface area contributed by atoms with Crippen LogP contribution in [0.5, 0.6) is 5.75 Å². The standard InChI is InChI=1S/C18H18F3N5O3S/c19-18(20,21)10-29-11-5-6-12-13(8-11)30-16(22-12)23-15(27)9-26-17(28)25-7-3-1-2-4-14(25)24-26/h5-6,8H,1-4,7,9-10H2,(H,22,23,27). The van der Waals surface area contributed by atoms with Crippen LogP contribution in [0.25, 0.3) is 10.2 Å². The number of amides is 1. The first kappa shape index (κ1) is 20.4. The topological polar surface area (TPSA) is 91.0 Å². The largest absolute Gasteiger partial charge is 0.484 e. The number of carbonyl (C=O) groups is 1. The second-order valence-corrected chi connectivity index (χ2v) is 7.95. The molecule has 1 aliphatic rings. The van der Waals surface area contributed by atoms with E-state index in [2.05, 4.69) is 15.4 Å². The SMILES string of the molecule is O=C(Cn1nc2n(c1=O)CCCCC2)Nc1nc2ccc(OCC(F)(F)F)cc2s1. The zero-order chi connectivity index (χ0) is 21.3. The highest BCUT2D eigenvalue weighted by Gasteiger charge is 2.28. The molecule has 1 aliphatic heterocycles. The van der Waals surface area contributed by atoms with Gasteiger partial charge in [-0.1, -0.05) is 17.8 Å². The number of thiazole rings is 1. The van der Waals surface area contributed by atoms with Crippen molar-refractivity contribution < 1.29 is 22.7 Å². The average molecular weight is 441 g/mol. The maximum absolute atomic E-state index is 12.4. The summed E-state index contributed by atoms with van der Waals surface area (Å²) in [5, 5.41) is 7.16. The zero-order valence-corrected chi connectivity index (χ0v) is 16.6. The van der Waals surface area contributed by atoms with E-state index in [9.17, 15) is 22.8 Å². The number of ether oxygens (including phenoxy) is 1. The number of carbonyl (C=O) groups excluding carboxylic acids is 1. The normalized spacial score (nSPS) is 14.4. The number of alkyl halides is 3. The molecule has 1 amide bonds. The summed E-state index contributed by atoms with van der Waals surface area (Å²) in [7, 11) is 0. The number of anilines is 1. The van der Waals surface area contributed by atoms with Crippen molar-refractivity contribution >= 4 is 32.6 Å². The van der Waals surface area contributed by atoms with Crippen LogP contribution < -0.4 is 15.7 Å². The molecule has 0 unspecified atom stereocenters. The van der Waals surface area contributed by atoms with Gasteiger partial charge in [-0.05, 0) is 31.0 Å². The molecule has 0 saturated heterocycles. The third-order valence-corrected chi connectivity index (χ3v) is 5.52. The zero-order valence-electron chi connectivity index (χ0n) is 15.7. The molecule has 1 N–H and O–H groups in total. The number of hydrogen-bond donors (Lipinski definition) is 1. The van der Waals surface area contributed by atoms with Crippen LogP contribution in [0.4, 0.5) is 18.3 Å². The van der Waals surface area contributed by atoms with Gasteiger partial charge in [0.1, 0.15) is 18.1 Å². The van der Waals surface area contributed by atoms with Gasteiger partial charge in [0.15, 0.2) is 11.7 Å². The predicted octanol–water partition coefficient (Wildman–Crippen LogP) is 2.96. The smallest absolute Gasteiger partial charge is 0.422 e. The van der Waals surface area contributed by atoms with E-state index in [1.165, 1.54) is 18.2 Å². The van der Waals surface area contributed by atoms with Crippen molar-refractivity contribution in [1.82, 2.24) is 19.3 Å².